The van der Waals surface area contributed by atoms with Crippen LogP contribution in [0.25, 0.3) is 0 Å². The van der Waals surface area contributed by atoms with Crippen molar-refractivity contribution in [2.75, 3.05) is 39.6 Å². The van der Waals surface area contributed by atoms with Gasteiger partial charge < -0.3 is 158 Å². The van der Waals surface area contributed by atoms with E-state index in [1.165, 1.54) is 12.5 Å². The summed E-state index contributed by atoms with van der Waals surface area (Å²) in [6.45, 7) is 13.7. The summed E-state index contributed by atoms with van der Waals surface area (Å²) in [6, 6.07) is 0. The SMILES string of the molecule is CC1OC(OC2C(OC(=O)[C@]34CCC(C)(C)C[C@H]3C3=CC[C@@H]5[C@@]6(C)CC[C@H](OC7OC(CO)C(O)C(O)C7OC7OC(CO)C(O)C(O)C7O)C(C)(C)[C@@H]6CC[C@@]5(C)[C@]3(C)CC4)OCC(O)C2O)C(O)C(OC2OCC(O)C(O)C2O)C1OC1OCC(O)C(OC2OCC(O)C(O)C2O)C1O. The smallest absolute Gasteiger partial charge is 0.315 e. The van der Waals surface area contributed by atoms with E-state index in [0.29, 0.717) is 51.4 Å². The highest BCUT2D eigenvalue weighted by Crippen LogP contribution is 2.76. The first-order chi connectivity index (χ1) is 47.5. The normalized spacial score (nSPS) is 54.4. The molecule has 0 aromatic heterocycles. The van der Waals surface area contributed by atoms with Gasteiger partial charge in [-0.05, 0) is 116 Å². The molecule has 39 atom stereocenters. The van der Waals surface area contributed by atoms with Crippen LogP contribution in [0, 0.1) is 50.2 Å². The highest BCUT2D eigenvalue weighted by Gasteiger charge is 2.71. The molecule has 7 aliphatic heterocycles. The summed E-state index contributed by atoms with van der Waals surface area (Å²) in [5.41, 5.74) is -1.75. The lowest BCUT2D eigenvalue weighted by molar-refractivity contribution is -0.392. The molecule has 4 saturated carbocycles. The number of carbonyl (C=O) groups is 1. The van der Waals surface area contributed by atoms with Gasteiger partial charge in [0.05, 0.1) is 57.3 Å². The van der Waals surface area contributed by atoms with Crippen molar-refractivity contribution < 1.29 is 163 Å². The second kappa shape index (κ2) is 29.8. The number of aliphatic hydroxyl groups excluding tert-OH is 18. The minimum absolute atomic E-state index is 0.0536. The lowest BCUT2D eigenvalue weighted by Gasteiger charge is -2.71. The standard InChI is InChI=1S/C68H110O33/c1-26-50(96-57-48(85)51(32(74)25-90-57)97-55-45(82)38(75)29(71)22-88-55)52(98-56-46(83)39(76)30(72)23-89-56)49(86)59(92-26)99-53-40(77)31(73)24-91-60(53)101-62(87)68-17-15-63(2,3)19-28(68)27-9-10-36-65(6)13-12-37(64(4,5)35(65)11-14-67(36,8)66(27,7)16-18-68)95-61-54(44(81)42(79)34(21-70)94-61)100-58-47(84)43(80)41(78)33(20-69)93-58/h9,26,28-61,69-86H,10-25H2,1-8H3/t26?,28-,29?,30?,31?,32?,33?,34?,35-,36+,37-,38?,39?,40?,41?,42?,43?,44?,45?,46?,47?,48?,49?,50?,51?,52?,53?,54?,55?,56?,57?,58?,59?,60?,61?,65-,66+,67+,68-/m0/s1. The third kappa shape index (κ3) is 13.9. The van der Waals surface area contributed by atoms with E-state index < -0.39 is 258 Å². The van der Waals surface area contributed by atoms with Crippen LogP contribution in [-0.4, -0.2) is 334 Å². The molecule has 11 fully saturated rings. The molecule has 101 heavy (non-hydrogen) atoms. The summed E-state index contributed by atoms with van der Waals surface area (Å²) in [6.07, 6.45) is -44.0. The molecule has 0 bridgehead atoms. The second-order valence-corrected chi connectivity index (χ2v) is 32.9. The fraction of sp³-hybridized carbons (Fsp3) is 0.956. The summed E-state index contributed by atoms with van der Waals surface area (Å²) in [5.74, 6) is -0.754. The van der Waals surface area contributed by atoms with Gasteiger partial charge in [-0.25, -0.2) is 0 Å². The number of allylic oxidation sites excluding steroid dienone is 2. The molecule has 12 rings (SSSR count). The summed E-state index contributed by atoms with van der Waals surface area (Å²) >= 11 is 0. The van der Waals surface area contributed by atoms with E-state index in [2.05, 4.69) is 54.5 Å². The fourth-order valence-corrected chi connectivity index (χ4v) is 19.8. The van der Waals surface area contributed by atoms with Crippen molar-refractivity contribution in [1.29, 1.82) is 0 Å². The molecule has 0 spiro atoms. The van der Waals surface area contributed by atoms with E-state index in [1.54, 1.807) is 0 Å². The van der Waals surface area contributed by atoms with E-state index in [0.717, 1.165) is 12.8 Å². The number of fused-ring (bicyclic) bond motifs is 7. The zero-order valence-electron chi connectivity index (χ0n) is 58.3. The van der Waals surface area contributed by atoms with E-state index in [-0.39, 0.29) is 34.0 Å². The van der Waals surface area contributed by atoms with Crippen LogP contribution in [0.3, 0.4) is 0 Å². The minimum Gasteiger partial charge on any atom is -0.432 e. The Morgan fingerprint density at radius 2 is 0.931 bits per heavy atom. The van der Waals surface area contributed by atoms with Crippen LogP contribution in [0.15, 0.2) is 11.6 Å². The maximum atomic E-state index is 15.7. The van der Waals surface area contributed by atoms with Crippen LogP contribution < -0.4 is 0 Å². The Bertz CT molecular complexity index is 2860. The number of esters is 1. The number of carbonyl (C=O) groups excluding carboxylic acids is 1. The van der Waals surface area contributed by atoms with E-state index in [4.69, 9.17) is 66.3 Å². The zero-order valence-corrected chi connectivity index (χ0v) is 58.3. The third-order valence-electron chi connectivity index (χ3n) is 26.1. The first-order valence-corrected chi connectivity index (χ1v) is 35.9. The van der Waals surface area contributed by atoms with Crippen LogP contribution in [0.1, 0.15) is 120 Å². The third-order valence-corrected chi connectivity index (χ3v) is 26.1. The average Bonchev–Trinajstić information content (AvgIpc) is 0.674. The Labute approximate surface area is 584 Å². The Morgan fingerprint density at radius 1 is 0.446 bits per heavy atom. The van der Waals surface area contributed by atoms with Gasteiger partial charge in [-0.1, -0.05) is 60.1 Å². The van der Waals surface area contributed by atoms with Gasteiger partial charge >= 0.3 is 5.97 Å². The number of ether oxygens (including phenoxy) is 14. The van der Waals surface area contributed by atoms with Gasteiger partial charge in [0, 0.05) is 0 Å². The predicted molar refractivity (Wildman–Crippen MR) is 335 cm³/mol. The lowest BCUT2D eigenvalue weighted by atomic mass is 9.33. The molecule has 0 aromatic carbocycles. The molecule has 0 radical (unpaired) electrons. The van der Waals surface area contributed by atoms with Gasteiger partial charge in [-0.15, -0.1) is 0 Å². The van der Waals surface area contributed by atoms with Gasteiger partial charge in [0.1, 0.15) is 134 Å². The van der Waals surface area contributed by atoms with Crippen molar-refractivity contribution in [3.05, 3.63) is 11.6 Å². The van der Waals surface area contributed by atoms with Crippen LogP contribution in [0.4, 0.5) is 0 Å². The summed E-state index contributed by atoms with van der Waals surface area (Å²) in [5, 5.41) is 196. The first-order valence-electron chi connectivity index (χ1n) is 35.9. The molecule has 12 aliphatic rings. The van der Waals surface area contributed by atoms with Gasteiger partial charge in [0.2, 0.25) is 6.29 Å². The van der Waals surface area contributed by atoms with Crippen molar-refractivity contribution in [3.8, 4) is 0 Å². The average molecular weight is 1460 g/mol. The number of hydrogen-bond donors (Lipinski definition) is 18. The molecule has 7 saturated heterocycles. The number of aliphatic hydroxyl groups is 18. The molecule has 0 aromatic rings. The topological polar surface area (TPSA) is 510 Å². The summed E-state index contributed by atoms with van der Waals surface area (Å²) in [7, 11) is 0. The van der Waals surface area contributed by atoms with Crippen molar-refractivity contribution >= 4 is 5.97 Å². The van der Waals surface area contributed by atoms with E-state index >= 15 is 4.79 Å². The maximum Gasteiger partial charge on any atom is 0.315 e. The Kier molecular flexibility index (Phi) is 23.1. The molecule has 5 aliphatic carbocycles. The van der Waals surface area contributed by atoms with Crippen LogP contribution in [0.2, 0.25) is 0 Å². The molecular weight excluding hydrogens is 1340 g/mol. The van der Waals surface area contributed by atoms with Gasteiger partial charge in [-0.2, -0.15) is 0 Å². The second-order valence-electron chi connectivity index (χ2n) is 32.9. The Balaban J connectivity index is 0.765. The molecule has 0 amide bonds. The fourth-order valence-electron chi connectivity index (χ4n) is 19.8. The van der Waals surface area contributed by atoms with Gasteiger partial charge in [0.15, 0.2) is 43.8 Å². The molecule has 33 heteroatoms. The van der Waals surface area contributed by atoms with Crippen LogP contribution in [0.5, 0.6) is 0 Å². The monoisotopic (exact) mass is 1450 g/mol. The van der Waals surface area contributed by atoms with Crippen LogP contribution >= 0.6 is 0 Å². The number of rotatable bonds is 16. The molecule has 580 valence electrons. The van der Waals surface area contributed by atoms with Crippen molar-refractivity contribution in [3.63, 3.8) is 0 Å². The van der Waals surface area contributed by atoms with E-state index in [9.17, 15) is 91.9 Å². The van der Waals surface area contributed by atoms with Gasteiger partial charge in [0.25, 0.3) is 0 Å². The largest absolute Gasteiger partial charge is 0.432 e. The Morgan fingerprint density at radius 3 is 1.54 bits per heavy atom. The highest BCUT2D eigenvalue weighted by atomic mass is 16.8. The van der Waals surface area contributed by atoms with Crippen molar-refractivity contribution in [2.45, 2.75) is 316 Å². The molecule has 18 N–H and O–H groups in total. The van der Waals surface area contributed by atoms with Gasteiger partial charge in [-0.3, -0.25) is 4.79 Å². The number of hydrogen-bond acceptors (Lipinski definition) is 33. The van der Waals surface area contributed by atoms with Crippen molar-refractivity contribution in [2.24, 2.45) is 50.2 Å². The first kappa shape index (κ1) is 78.5. The predicted octanol–water partition coefficient (Wildman–Crippen LogP) is -4.98. The van der Waals surface area contributed by atoms with E-state index in [1.807, 2.05) is 0 Å². The Hall–Kier alpha value is -2.03. The zero-order chi connectivity index (χ0) is 73.3. The summed E-state index contributed by atoms with van der Waals surface area (Å²) in [4.78, 5) is 15.7. The molecular formula is C68H110O33. The summed E-state index contributed by atoms with van der Waals surface area (Å²) < 4.78 is 84.7. The minimum atomic E-state index is -2.04. The maximum absolute atomic E-state index is 15.7. The van der Waals surface area contributed by atoms with Crippen LogP contribution in [-0.2, 0) is 71.1 Å². The van der Waals surface area contributed by atoms with Crippen molar-refractivity contribution in [1.82, 2.24) is 0 Å². The molecule has 31 unspecified atom stereocenters. The molecule has 33 nitrogen and oxygen atoms in total. The highest BCUT2D eigenvalue weighted by molar-refractivity contribution is 5.79. The lowest BCUT2D eigenvalue weighted by Crippen LogP contribution is -2.67. The molecule has 7 heterocycles. The quantitative estimate of drug-likeness (QED) is 0.0391.